The number of amides is 1. The van der Waals surface area contributed by atoms with Crippen molar-refractivity contribution in [3.05, 3.63) is 11.9 Å². The molecule has 30 heavy (non-hydrogen) atoms. The number of aliphatic hydroxyl groups is 1. The van der Waals surface area contributed by atoms with Crippen molar-refractivity contribution in [2.75, 3.05) is 13.1 Å². The molecule has 5 fully saturated rings. The van der Waals surface area contributed by atoms with Gasteiger partial charge in [0, 0.05) is 18.6 Å². The Kier molecular flexibility index (Phi) is 5.84. The SMILES string of the molecule is O=C(NC1CCCCC1)[C@H]1CN2CCC1C[C@@H]2Cn1cc(C2(O)CCCCC2)nn1. The maximum Gasteiger partial charge on any atom is 0.224 e. The van der Waals surface area contributed by atoms with E-state index in [0.717, 1.165) is 76.7 Å². The predicted molar refractivity (Wildman–Crippen MR) is 114 cm³/mol. The van der Waals surface area contributed by atoms with Crippen LogP contribution in [0.4, 0.5) is 0 Å². The highest BCUT2D eigenvalue weighted by Crippen LogP contribution is 2.38. The zero-order valence-electron chi connectivity index (χ0n) is 18.1. The molecule has 2 N–H and O–H groups in total. The van der Waals surface area contributed by atoms with Gasteiger partial charge in [0.2, 0.25) is 5.91 Å². The van der Waals surface area contributed by atoms with E-state index in [9.17, 15) is 9.90 Å². The average Bonchev–Trinajstić information content (AvgIpc) is 3.25. The number of nitrogens with zero attached hydrogens (tertiary/aromatic N) is 4. The largest absolute Gasteiger partial charge is 0.383 e. The number of hydrogen-bond acceptors (Lipinski definition) is 5. The molecule has 3 aliphatic heterocycles. The summed E-state index contributed by atoms with van der Waals surface area (Å²) >= 11 is 0. The molecule has 2 unspecified atom stereocenters. The second-order valence-corrected chi connectivity index (χ2v) is 10.3. The predicted octanol–water partition coefficient (Wildman–Crippen LogP) is 2.59. The fourth-order valence-electron chi connectivity index (χ4n) is 6.39. The molecule has 4 heterocycles. The third kappa shape index (κ3) is 4.15. The standard InChI is InChI=1S/C23H37N5O2/c29-22(24-18-7-3-1-4-8-18)20-15-27-12-9-17(20)13-19(27)14-28-16-21(25-26-28)23(30)10-5-2-6-11-23/h16-20,30H,1-15H2,(H,24,29)/t17?,19-,20+/m1/s1. The lowest BCUT2D eigenvalue weighted by molar-refractivity contribution is -0.134. The second-order valence-electron chi connectivity index (χ2n) is 10.3. The molecule has 2 saturated carbocycles. The molecule has 1 aromatic rings. The van der Waals surface area contributed by atoms with Crippen molar-refractivity contribution in [2.24, 2.45) is 11.8 Å². The van der Waals surface area contributed by atoms with Crippen molar-refractivity contribution < 1.29 is 9.90 Å². The molecule has 166 valence electrons. The van der Waals surface area contributed by atoms with Gasteiger partial charge >= 0.3 is 0 Å². The minimum atomic E-state index is -0.787. The van der Waals surface area contributed by atoms with Crippen molar-refractivity contribution in [2.45, 2.75) is 101 Å². The highest BCUT2D eigenvalue weighted by molar-refractivity contribution is 5.79. The molecule has 3 saturated heterocycles. The van der Waals surface area contributed by atoms with Gasteiger partial charge in [-0.25, -0.2) is 0 Å². The van der Waals surface area contributed by atoms with E-state index in [1.807, 2.05) is 10.9 Å². The highest BCUT2D eigenvalue weighted by Gasteiger charge is 2.44. The summed E-state index contributed by atoms with van der Waals surface area (Å²) in [6.07, 6.45) is 15.2. The van der Waals surface area contributed by atoms with Gasteiger partial charge in [-0.15, -0.1) is 5.10 Å². The van der Waals surface area contributed by atoms with E-state index in [1.165, 1.54) is 25.7 Å². The maximum absolute atomic E-state index is 12.9. The van der Waals surface area contributed by atoms with Crippen molar-refractivity contribution in [1.82, 2.24) is 25.2 Å². The van der Waals surface area contributed by atoms with Crippen LogP contribution in [0.5, 0.6) is 0 Å². The number of carbonyl (C=O) groups is 1. The molecule has 5 aliphatic rings. The first kappa shape index (κ1) is 20.4. The molecule has 2 aliphatic carbocycles. The fraction of sp³-hybridized carbons (Fsp3) is 0.870. The molecule has 0 aromatic carbocycles. The Morgan fingerprint density at radius 3 is 2.63 bits per heavy atom. The Morgan fingerprint density at radius 1 is 1.13 bits per heavy atom. The first-order chi connectivity index (χ1) is 14.6. The van der Waals surface area contributed by atoms with Crippen LogP contribution in [0.2, 0.25) is 0 Å². The molecule has 7 nitrogen and oxygen atoms in total. The molecular weight excluding hydrogens is 378 g/mol. The van der Waals surface area contributed by atoms with E-state index >= 15 is 0 Å². The van der Waals surface area contributed by atoms with E-state index in [0.29, 0.717) is 18.0 Å². The summed E-state index contributed by atoms with van der Waals surface area (Å²) in [5.74, 6) is 0.915. The quantitative estimate of drug-likeness (QED) is 0.772. The molecule has 6 rings (SSSR count). The zero-order chi connectivity index (χ0) is 20.6. The van der Waals surface area contributed by atoms with Crippen LogP contribution in [-0.2, 0) is 16.9 Å². The van der Waals surface area contributed by atoms with Crippen LogP contribution in [0.3, 0.4) is 0 Å². The number of piperidine rings is 3. The zero-order valence-corrected chi connectivity index (χ0v) is 18.1. The third-order valence-corrected chi connectivity index (χ3v) is 8.26. The van der Waals surface area contributed by atoms with Crippen LogP contribution in [0.1, 0.15) is 82.7 Å². The van der Waals surface area contributed by atoms with Crippen molar-refractivity contribution in [1.29, 1.82) is 0 Å². The number of hydrogen-bond donors (Lipinski definition) is 2. The maximum atomic E-state index is 12.9. The first-order valence-corrected chi connectivity index (χ1v) is 12.3. The Hall–Kier alpha value is -1.47. The van der Waals surface area contributed by atoms with E-state index in [2.05, 4.69) is 20.5 Å². The minimum Gasteiger partial charge on any atom is -0.383 e. The Morgan fingerprint density at radius 2 is 1.90 bits per heavy atom. The van der Waals surface area contributed by atoms with Crippen molar-refractivity contribution in [3.63, 3.8) is 0 Å². The molecule has 1 aromatic heterocycles. The summed E-state index contributed by atoms with van der Waals surface area (Å²) in [5.41, 5.74) is -0.0482. The molecule has 4 atom stereocenters. The van der Waals surface area contributed by atoms with Crippen LogP contribution < -0.4 is 5.32 Å². The number of nitrogens with one attached hydrogen (secondary N) is 1. The summed E-state index contributed by atoms with van der Waals surface area (Å²) in [6.45, 7) is 2.75. The average molecular weight is 416 g/mol. The van der Waals surface area contributed by atoms with Gasteiger partial charge in [0.15, 0.2) is 0 Å². The van der Waals surface area contributed by atoms with E-state index in [-0.39, 0.29) is 11.8 Å². The Labute approximate surface area is 179 Å². The third-order valence-electron chi connectivity index (χ3n) is 8.26. The summed E-state index contributed by atoms with van der Waals surface area (Å²) in [7, 11) is 0. The van der Waals surface area contributed by atoms with Crippen LogP contribution in [0.25, 0.3) is 0 Å². The number of fused-ring (bicyclic) bond motifs is 3. The van der Waals surface area contributed by atoms with E-state index in [1.54, 1.807) is 0 Å². The van der Waals surface area contributed by atoms with E-state index < -0.39 is 5.60 Å². The minimum absolute atomic E-state index is 0.145. The van der Waals surface area contributed by atoms with Gasteiger partial charge in [-0.05, 0) is 51.0 Å². The van der Waals surface area contributed by atoms with Crippen LogP contribution >= 0.6 is 0 Å². The molecular formula is C23H37N5O2. The lowest BCUT2D eigenvalue weighted by Gasteiger charge is -2.49. The lowest BCUT2D eigenvalue weighted by atomic mass is 9.75. The fourth-order valence-corrected chi connectivity index (χ4v) is 6.39. The number of rotatable bonds is 5. The van der Waals surface area contributed by atoms with E-state index in [4.69, 9.17) is 0 Å². The molecule has 2 bridgehead atoms. The molecule has 1 amide bonds. The van der Waals surface area contributed by atoms with Gasteiger partial charge < -0.3 is 10.4 Å². The Bertz CT molecular complexity index is 738. The number of aromatic nitrogens is 3. The molecule has 0 spiro atoms. The topological polar surface area (TPSA) is 83.3 Å². The Balaban J connectivity index is 1.18. The summed E-state index contributed by atoms with van der Waals surface area (Å²) in [5, 5.41) is 23.0. The van der Waals surface area contributed by atoms with Crippen molar-refractivity contribution >= 4 is 5.91 Å². The number of carbonyl (C=O) groups excluding carboxylic acids is 1. The summed E-state index contributed by atoms with van der Waals surface area (Å²) < 4.78 is 1.92. The van der Waals surface area contributed by atoms with Crippen LogP contribution in [0, 0.1) is 11.8 Å². The van der Waals surface area contributed by atoms with Gasteiger partial charge in [0.05, 0.1) is 18.7 Å². The first-order valence-electron chi connectivity index (χ1n) is 12.3. The van der Waals surface area contributed by atoms with Crippen LogP contribution in [0.15, 0.2) is 6.20 Å². The lowest BCUT2D eigenvalue weighted by Crippen LogP contribution is -2.58. The second kappa shape index (κ2) is 8.58. The summed E-state index contributed by atoms with van der Waals surface area (Å²) in [4.78, 5) is 15.4. The van der Waals surface area contributed by atoms with Crippen LogP contribution in [-0.4, -0.2) is 56.1 Å². The smallest absolute Gasteiger partial charge is 0.224 e. The normalized spacial score (nSPS) is 34.0. The van der Waals surface area contributed by atoms with Gasteiger partial charge in [-0.3, -0.25) is 14.4 Å². The van der Waals surface area contributed by atoms with Gasteiger partial charge in [0.25, 0.3) is 0 Å². The van der Waals surface area contributed by atoms with Gasteiger partial charge in [-0.1, -0.05) is 43.7 Å². The molecule has 0 radical (unpaired) electrons. The summed E-state index contributed by atoms with van der Waals surface area (Å²) in [6, 6.07) is 0.815. The van der Waals surface area contributed by atoms with Gasteiger partial charge in [0.1, 0.15) is 11.3 Å². The van der Waals surface area contributed by atoms with Crippen molar-refractivity contribution in [3.8, 4) is 0 Å². The van der Waals surface area contributed by atoms with Gasteiger partial charge in [-0.2, -0.15) is 0 Å². The monoisotopic (exact) mass is 415 g/mol. The highest BCUT2D eigenvalue weighted by atomic mass is 16.3. The molecule has 7 heteroatoms.